The quantitative estimate of drug-likeness (QED) is 0.207. The molecule has 2 aromatic carbocycles. The van der Waals surface area contributed by atoms with E-state index in [1.807, 2.05) is 5.32 Å². The third kappa shape index (κ3) is 9.61. The highest BCUT2D eigenvalue weighted by Gasteiger charge is 2.42. The summed E-state index contributed by atoms with van der Waals surface area (Å²) in [4.78, 5) is 68.4. The number of carboxylic acids is 2. The summed E-state index contributed by atoms with van der Waals surface area (Å²) in [5.74, 6) is -5.98. The number of carbonyl (C=O) groups is 6. The lowest BCUT2D eigenvalue weighted by molar-refractivity contribution is -0.144. The molecule has 0 aliphatic heterocycles. The second-order valence-electron chi connectivity index (χ2n) is 8.87. The van der Waals surface area contributed by atoms with Crippen LogP contribution in [0.3, 0.4) is 0 Å². The summed E-state index contributed by atoms with van der Waals surface area (Å²) in [5, 5.41) is 22.2. The predicted molar refractivity (Wildman–Crippen MR) is 143 cm³/mol. The van der Waals surface area contributed by atoms with Crippen LogP contribution >= 0.6 is 0 Å². The van der Waals surface area contributed by atoms with E-state index in [1.54, 1.807) is 0 Å². The Balaban J connectivity index is 0.000000410. The average Bonchev–Trinajstić information content (AvgIpc) is 2.85. The van der Waals surface area contributed by atoms with Crippen molar-refractivity contribution in [2.24, 2.45) is 0 Å². The van der Waals surface area contributed by atoms with Gasteiger partial charge in [0, 0.05) is 37.5 Å². The van der Waals surface area contributed by atoms with Crippen LogP contribution in [0.1, 0.15) is 41.5 Å². The molecule has 41 heavy (non-hydrogen) atoms. The second-order valence-corrected chi connectivity index (χ2v) is 12.9. The Morgan fingerprint density at radius 2 is 1.10 bits per heavy atom. The summed E-state index contributed by atoms with van der Waals surface area (Å²) in [6, 6.07) is 7.95. The number of carbonyl (C=O) groups excluding carboxylic acids is 4. The number of aliphatic carboxylic acids is 2. The van der Waals surface area contributed by atoms with Crippen molar-refractivity contribution in [3.63, 3.8) is 0 Å². The number of carboxylic acid groups (broad SMARTS) is 2. The Morgan fingerprint density at radius 3 is 1.39 bits per heavy atom. The molecule has 0 aliphatic rings. The monoisotopic (exact) mass is 612 g/mol. The summed E-state index contributed by atoms with van der Waals surface area (Å²) in [6.45, 7) is 3.26. The minimum absolute atomic E-state index is 0.00134. The average molecular weight is 613 g/mol. The summed E-state index contributed by atoms with van der Waals surface area (Å²) in [7, 11) is -6.81. The molecule has 0 bridgehead atoms. The van der Waals surface area contributed by atoms with Crippen LogP contribution in [-0.2, 0) is 38.9 Å². The first-order valence-corrected chi connectivity index (χ1v) is 15.1. The van der Waals surface area contributed by atoms with E-state index in [2.05, 4.69) is 5.32 Å². The molecule has 2 aromatic rings. The van der Waals surface area contributed by atoms with Crippen molar-refractivity contribution in [1.29, 1.82) is 0 Å². The van der Waals surface area contributed by atoms with Gasteiger partial charge in [-0.25, -0.2) is 26.4 Å². The van der Waals surface area contributed by atoms with Crippen molar-refractivity contribution < 1.29 is 55.8 Å². The third-order valence-electron chi connectivity index (χ3n) is 5.28. The molecule has 2 unspecified atom stereocenters. The zero-order chi connectivity index (χ0) is 31.9. The number of nitrogens with one attached hydrogen (secondary N) is 2. The van der Waals surface area contributed by atoms with Gasteiger partial charge in [0.25, 0.3) is 0 Å². The molecule has 0 heterocycles. The van der Waals surface area contributed by atoms with Crippen LogP contribution in [0.4, 0.5) is 0 Å². The number of Topliss-reactive ketones (excluding diaryl/α,β-unsaturated/α-hetero) is 2. The summed E-state index contributed by atoms with van der Waals surface area (Å²) < 4.78 is 45.2. The van der Waals surface area contributed by atoms with Crippen molar-refractivity contribution in [3.8, 4) is 0 Å². The lowest BCUT2D eigenvalue weighted by atomic mass is 9.91. The fourth-order valence-corrected chi connectivity index (χ4v) is 4.44. The van der Waals surface area contributed by atoms with Crippen LogP contribution < -0.4 is 10.6 Å². The number of ketones is 2. The Hall–Kier alpha value is -4.44. The Bertz CT molecular complexity index is 1580. The molecule has 2 amide bonds. The van der Waals surface area contributed by atoms with Crippen LogP contribution in [0, 0.1) is 0 Å². The summed E-state index contributed by atoms with van der Waals surface area (Å²) in [6.07, 6.45) is 2.03. The maximum Gasteiger partial charge on any atom is 0.337 e. The number of sulfone groups is 2. The van der Waals surface area contributed by atoms with Gasteiger partial charge >= 0.3 is 11.9 Å². The van der Waals surface area contributed by atoms with Crippen molar-refractivity contribution >= 4 is 55.0 Å². The lowest BCUT2D eigenvalue weighted by Crippen LogP contribution is -2.57. The molecule has 0 saturated carbocycles. The van der Waals surface area contributed by atoms with E-state index in [0.29, 0.717) is 0 Å². The molecule has 222 valence electrons. The molecule has 0 spiro atoms. The SMILES string of the molecule is CC(=O)NC(C(=O)O)C(=O)c1ccc(S(C)(=O)=O)cc1.CC(=O)NC(C)(C(=O)O)C(=O)c1ccc(S(C)(=O)=O)cc1. The molecule has 14 nitrogen and oxygen atoms in total. The van der Waals surface area contributed by atoms with Crippen LogP contribution in [0.25, 0.3) is 0 Å². The van der Waals surface area contributed by atoms with Gasteiger partial charge in [0.05, 0.1) is 9.79 Å². The van der Waals surface area contributed by atoms with Crippen LogP contribution in [0.5, 0.6) is 0 Å². The van der Waals surface area contributed by atoms with Gasteiger partial charge < -0.3 is 20.8 Å². The standard InChI is InChI=1S/C13H15NO6S.C12H13NO6S/c1-8(15)14-13(2,12(17)18)11(16)9-4-6-10(7-5-9)21(3,19)20;1-7(14)13-10(12(16)17)11(15)8-3-5-9(6-4-8)20(2,18)19/h4-7H,1-3H3,(H,14,15)(H,17,18);3-6,10H,1-2H3,(H,13,14)(H,16,17). The van der Waals surface area contributed by atoms with Gasteiger partial charge in [0.15, 0.2) is 42.8 Å². The summed E-state index contributed by atoms with van der Waals surface area (Å²) >= 11 is 0. The van der Waals surface area contributed by atoms with E-state index >= 15 is 0 Å². The highest BCUT2D eigenvalue weighted by atomic mass is 32.2. The molecule has 0 radical (unpaired) electrons. The van der Waals surface area contributed by atoms with E-state index in [9.17, 15) is 45.6 Å². The largest absolute Gasteiger partial charge is 0.479 e. The molecule has 0 aliphatic carbocycles. The molecule has 16 heteroatoms. The van der Waals surface area contributed by atoms with Crippen molar-refractivity contribution in [2.75, 3.05) is 12.5 Å². The van der Waals surface area contributed by atoms with Gasteiger partial charge in [-0.05, 0) is 31.2 Å². The van der Waals surface area contributed by atoms with Gasteiger partial charge in [-0.1, -0.05) is 24.3 Å². The molecule has 2 rings (SSSR count). The first kappa shape index (κ1) is 34.6. The van der Waals surface area contributed by atoms with Gasteiger partial charge in [0.1, 0.15) is 0 Å². The first-order valence-electron chi connectivity index (χ1n) is 11.3. The van der Waals surface area contributed by atoms with Crippen LogP contribution in [0.2, 0.25) is 0 Å². The lowest BCUT2D eigenvalue weighted by Gasteiger charge is -2.24. The van der Waals surface area contributed by atoms with Gasteiger partial charge in [-0.3, -0.25) is 19.2 Å². The van der Waals surface area contributed by atoms with E-state index in [4.69, 9.17) is 10.2 Å². The Kier molecular flexibility index (Phi) is 11.2. The summed E-state index contributed by atoms with van der Waals surface area (Å²) in [5.41, 5.74) is -2.13. The molecule has 4 N–H and O–H groups in total. The molecule has 2 atom stereocenters. The zero-order valence-corrected chi connectivity index (χ0v) is 24.1. The smallest absolute Gasteiger partial charge is 0.337 e. The maximum absolute atomic E-state index is 12.3. The minimum atomic E-state index is -3.41. The molecular formula is C25H28N2O12S2. The number of rotatable bonds is 10. The minimum Gasteiger partial charge on any atom is -0.479 e. The number of benzene rings is 2. The topological polar surface area (TPSA) is 235 Å². The normalized spacial score (nSPS) is 13.3. The van der Waals surface area contributed by atoms with Crippen LogP contribution in [-0.4, -0.2) is 86.5 Å². The molecular weight excluding hydrogens is 584 g/mol. The van der Waals surface area contributed by atoms with Gasteiger partial charge in [-0.15, -0.1) is 0 Å². The third-order valence-corrected chi connectivity index (χ3v) is 7.53. The van der Waals surface area contributed by atoms with Crippen molar-refractivity contribution in [1.82, 2.24) is 10.6 Å². The maximum atomic E-state index is 12.3. The first-order chi connectivity index (χ1) is 18.6. The van der Waals surface area contributed by atoms with E-state index < -0.39 is 66.6 Å². The van der Waals surface area contributed by atoms with Gasteiger partial charge in [0.2, 0.25) is 11.8 Å². The highest BCUT2D eigenvalue weighted by Crippen LogP contribution is 2.17. The molecule has 0 saturated heterocycles. The highest BCUT2D eigenvalue weighted by molar-refractivity contribution is 7.91. The van der Waals surface area contributed by atoms with Crippen molar-refractivity contribution in [3.05, 3.63) is 59.7 Å². The molecule has 0 fully saturated rings. The zero-order valence-electron chi connectivity index (χ0n) is 22.5. The number of amides is 2. The Labute approximate surface area is 235 Å². The predicted octanol–water partition coefficient (Wildman–Crippen LogP) is 0.114. The number of hydrogen-bond donors (Lipinski definition) is 4. The fourth-order valence-electron chi connectivity index (χ4n) is 3.18. The van der Waals surface area contributed by atoms with E-state index in [1.165, 1.54) is 48.5 Å². The van der Waals surface area contributed by atoms with E-state index in [-0.39, 0.29) is 20.9 Å². The fraction of sp³-hybridized carbons (Fsp3) is 0.280. The number of hydrogen-bond acceptors (Lipinski definition) is 10. The second kappa shape index (κ2) is 13.3. The molecule has 0 aromatic heterocycles. The van der Waals surface area contributed by atoms with Crippen molar-refractivity contribution in [2.45, 2.75) is 42.1 Å². The Morgan fingerprint density at radius 1 is 0.707 bits per heavy atom. The van der Waals surface area contributed by atoms with E-state index in [0.717, 1.165) is 33.3 Å². The van der Waals surface area contributed by atoms with Gasteiger partial charge in [-0.2, -0.15) is 0 Å². The van der Waals surface area contributed by atoms with Crippen LogP contribution in [0.15, 0.2) is 58.3 Å².